The molecule has 0 heterocycles. The van der Waals surface area contributed by atoms with E-state index in [9.17, 15) is 22.8 Å². The van der Waals surface area contributed by atoms with Crippen LogP contribution in [0.5, 0.6) is 5.75 Å². The fraction of sp³-hybridized carbons (Fsp3) is 0.160. The van der Waals surface area contributed by atoms with Gasteiger partial charge in [-0.15, -0.1) is 0 Å². The van der Waals surface area contributed by atoms with E-state index >= 15 is 0 Å². The van der Waals surface area contributed by atoms with Gasteiger partial charge in [0.25, 0.3) is 10.0 Å². The van der Waals surface area contributed by atoms with E-state index in [1.54, 1.807) is 30.3 Å². The van der Waals surface area contributed by atoms with Crippen LogP contribution in [0, 0.1) is 0 Å². The van der Waals surface area contributed by atoms with Crippen LogP contribution in [-0.2, 0) is 24.3 Å². The quantitative estimate of drug-likeness (QED) is 0.338. The molecule has 0 radical (unpaired) electrons. The van der Waals surface area contributed by atoms with Crippen LogP contribution in [0.1, 0.15) is 17.3 Å². The first-order valence-electron chi connectivity index (χ1n) is 10.5. The number of rotatable bonds is 10. The van der Waals surface area contributed by atoms with Crippen molar-refractivity contribution in [2.75, 3.05) is 29.9 Å². The maximum Gasteiger partial charge on any atom is 0.344 e. The Kier molecular flexibility index (Phi) is 8.21. The molecule has 0 aliphatic rings. The lowest BCUT2D eigenvalue weighted by Crippen LogP contribution is -2.26. The highest BCUT2D eigenvalue weighted by molar-refractivity contribution is 7.92. The Bertz CT molecular complexity index is 1290. The first-order valence-corrected chi connectivity index (χ1v) is 11.9. The van der Waals surface area contributed by atoms with Crippen LogP contribution in [0.15, 0.2) is 83.8 Å². The molecule has 0 unspecified atom stereocenters. The van der Waals surface area contributed by atoms with Crippen molar-refractivity contribution >= 4 is 39.1 Å². The van der Waals surface area contributed by atoms with Gasteiger partial charge in [0.1, 0.15) is 5.75 Å². The monoisotopic (exact) mass is 496 g/mol. The summed E-state index contributed by atoms with van der Waals surface area (Å²) in [4.78, 5) is 35.1. The number of anilines is 2. The van der Waals surface area contributed by atoms with E-state index in [1.807, 2.05) is 0 Å². The maximum atomic E-state index is 12.9. The molecule has 0 spiro atoms. The number of carbonyl (C=O) groups excluding carboxylic acids is 3. The van der Waals surface area contributed by atoms with Gasteiger partial charge in [0, 0.05) is 25.2 Å². The van der Waals surface area contributed by atoms with E-state index in [4.69, 9.17) is 9.47 Å². The first-order chi connectivity index (χ1) is 16.7. The SMILES string of the molecule is CC(=O)Nc1ccc(S(=O)(=O)N(C)c2ccc(OCC(=O)OCC(=O)c3ccccc3)cc2)cc1. The third kappa shape index (κ3) is 6.90. The van der Waals surface area contributed by atoms with E-state index in [2.05, 4.69) is 5.32 Å². The summed E-state index contributed by atoms with van der Waals surface area (Å²) in [5.41, 5.74) is 1.31. The van der Waals surface area contributed by atoms with Crippen molar-refractivity contribution in [2.45, 2.75) is 11.8 Å². The highest BCUT2D eigenvalue weighted by atomic mass is 32.2. The van der Waals surface area contributed by atoms with Crippen LogP contribution in [0.2, 0.25) is 0 Å². The summed E-state index contributed by atoms with van der Waals surface area (Å²) in [6, 6.07) is 20.4. The van der Waals surface area contributed by atoms with Gasteiger partial charge in [0.05, 0.1) is 10.6 Å². The Morgan fingerprint density at radius 1 is 0.857 bits per heavy atom. The van der Waals surface area contributed by atoms with Gasteiger partial charge in [-0.3, -0.25) is 13.9 Å². The first kappa shape index (κ1) is 25.4. The second-order valence-electron chi connectivity index (χ2n) is 7.41. The summed E-state index contributed by atoms with van der Waals surface area (Å²) in [7, 11) is -2.43. The Labute approximate surface area is 203 Å². The van der Waals surface area contributed by atoms with Gasteiger partial charge in [-0.1, -0.05) is 30.3 Å². The number of hydrogen-bond acceptors (Lipinski definition) is 7. The van der Waals surface area contributed by atoms with E-state index in [-0.39, 0.29) is 23.2 Å². The van der Waals surface area contributed by atoms with Crippen molar-refractivity contribution < 1.29 is 32.3 Å². The molecular formula is C25H24N2O7S. The zero-order valence-electron chi connectivity index (χ0n) is 19.1. The van der Waals surface area contributed by atoms with Crippen molar-refractivity contribution in [1.29, 1.82) is 0 Å². The number of ketones is 1. The molecule has 0 atom stereocenters. The van der Waals surface area contributed by atoms with Gasteiger partial charge >= 0.3 is 5.97 Å². The average Bonchev–Trinajstić information content (AvgIpc) is 2.86. The van der Waals surface area contributed by atoms with Crippen molar-refractivity contribution in [3.8, 4) is 5.75 Å². The van der Waals surface area contributed by atoms with Crippen LogP contribution in [0.25, 0.3) is 0 Å². The largest absolute Gasteiger partial charge is 0.482 e. The number of esters is 1. The van der Waals surface area contributed by atoms with Gasteiger partial charge in [-0.25, -0.2) is 13.2 Å². The fourth-order valence-corrected chi connectivity index (χ4v) is 4.20. The molecule has 3 rings (SSSR count). The average molecular weight is 497 g/mol. The summed E-state index contributed by atoms with van der Waals surface area (Å²) >= 11 is 0. The smallest absolute Gasteiger partial charge is 0.344 e. The highest BCUT2D eigenvalue weighted by Crippen LogP contribution is 2.25. The minimum Gasteiger partial charge on any atom is -0.482 e. The lowest BCUT2D eigenvalue weighted by atomic mass is 10.1. The normalized spacial score (nSPS) is 10.8. The number of carbonyl (C=O) groups is 3. The van der Waals surface area contributed by atoms with Gasteiger partial charge in [0.15, 0.2) is 19.0 Å². The number of amides is 1. The third-order valence-corrected chi connectivity index (χ3v) is 6.65. The molecule has 3 aromatic carbocycles. The Morgan fingerprint density at radius 2 is 1.49 bits per heavy atom. The predicted molar refractivity (Wildman–Crippen MR) is 130 cm³/mol. The molecule has 182 valence electrons. The molecule has 0 saturated heterocycles. The lowest BCUT2D eigenvalue weighted by molar-refractivity contribution is -0.144. The summed E-state index contributed by atoms with van der Waals surface area (Å²) < 4.78 is 37.2. The second-order valence-corrected chi connectivity index (χ2v) is 9.38. The third-order valence-electron chi connectivity index (χ3n) is 4.85. The van der Waals surface area contributed by atoms with Gasteiger partial charge < -0.3 is 14.8 Å². The molecular weight excluding hydrogens is 472 g/mol. The number of ether oxygens (including phenoxy) is 2. The van der Waals surface area contributed by atoms with Crippen LogP contribution in [-0.4, -0.2) is 46.3 Å². The minimum atomic E-state index is -3.84. The number of hydrogen-bond donors (Lipinski definition) is 1. The molecule has 1 amide bonds. The molecule has 9 nitrogen and oxygen atoms in total. The number of sulfonamides is 1. The minimum absolute atomic E-state index is 0.0576. The lowest BCUT2D eigenvalue weighted by Gasteiger charge is -2.20. The van der Waals surface area contributed by atoms with Crippen LogP contribution < -0.4 is 14.4 Å². The highest BCUT2D eigenvalue weighted by Gasteiger charge is 2.21. The maximum absolute atomic E-state index is 12.9. The van der Waals surface area contributed by atoms with Crippen LogP contribution >= 0.6 is 0 Å². The van der Waals surface area contributed by atoms with Gasteiger partial charge in [-0.05, 0) is 48.5 Å². The molecule has 0 aromatic heterocycles. The Balaban J connectivity index is 1.54. The van der Waals surface area contributed by atoms with E-state index in [0.29, 0.717) is 22.7 Å². The topological polar surface area (TPSA) is 119 Å². The summed E-state index contributed by atoms with van der Waals surface area (Å²) in [5.74, 6) is -0.961. The molecule has 0 saturated carbocycles. The van der Waals surface area contributed by atoms with Gasteiger partial charge in [0.2, 0.25) is 5.91 Å². The van der Waals surface area contributed by atoms with Crippen LogP contribution in [0.4, 0.5) is 11.4 Å². The van der Waals surface area contributed by atoms with E-state index < -0.39 is 22.6 Å². The van der Waals surface area contributed by atoms with Crippen molar-refractivity contribution in [1.82, 2.24) is 0 Å². The molecule has 3 aromatic rings. The van der Waals surface area contributed by atoms with Crippen molar-refractivity contribution in [3.63, 3.8) is 0 Å². The van der Waals surface area contributed by atoms with Crippen molar-refractivity contribution in [2.24, 2.45) is 0 Å². The molecule has 10 heteroatoms. The molecule has 0 bridgehead atoms. The number of nitrogens with one attached hydrogen (secondary N) is 1. The van der Waals surface area contributed by atoms with Gasteiger partial charge in [-0.2, -0.15) is 0 Å². The number of benzene rings is 3. The molecule has 35 heavy (non-hydrogen) atoms. The number of Topliss-reactive ketones (excluding diaryl/α,β-unsaturated/α-hetero) is 1. The predicted octanol–water partition coefficient (Wildman–Crippen LogP) is 3.28. The summed E-state index contributed by atoms with van der Waals surface area (Å²) in [6.45, 7) is 0.567. The standard InChI is InChI=1S/C25H24N2O7S/c1-18(28)26-20-8-14-23(15-9-20)35(31,32)27(2)21-10-12-22(13-11-21)33-17-25(30)34-16-24(29)19-6-4-3-5-7-19/h3-15H,16-17H2,1-2H3,(H,26,28). The van der Waals surface area contributed by atoms with Crippen molar-refractivity contribution in [3.05, 3.63) is 84.4 Å². The van der Waals surface area contributed by atoms with E-state index in [0.717, 1.165) is 4.31 Å². The fourth-order valence-electron chi connectivity index (χ4n) is 3.00. The Morgan fingerprint density at radius 3 is 2.09 bits per heavy atom. The molecule has 1 N–H and O–H groups in total. The summed E-state index contributed by atoms with van der Waals surface area (Å²) in [6.07, 6.45) is 0. The second kappa shape index (κ2) is 11.3. The molecule has 0 aliphatic carbocycles. The molecule has 0 aliphatic heterocycles. The Hall–Kier alpha value is -4.18. The van der Waals surface area contributed by atoms with Crippen LogP contribution in [0.3, 0.4) is 0 Å². The number of nitrogens with zero attached hydrogens (tertiary/aromatic N) is 1. The van der Waals surface area contributed by atoms with E-state index in [1.165, 1.54) is 62.5 Å². The molecule has 0 fully saturated rings. The zero-order valence-corrected chi connectivity index (χ0v) is 19.9. The summed E-state index contributed by atoms with van der Waals surface area (Å²) in [5, 5.41) is 2.58. The zero-order chi connectivity index (χ0) is 25.4.